The molecule has 1 amide bonds. The van der Waals surface area contributed by atoms with Gasteiger partial charge in [0.05, 0.1) is 39.3 Å². The fourth-order valence-corrected chi connectivity index (χ4v) is 4.54. The Morgan fingerprint density at radius 2 is 1.61 bits per heavy atom. The number of hydrogen-bond donors (Lipinski definition) is 1. The van der Waals surface area contributed by atoms with E-state index < -0.39 is 28.0 Å². The predicted octanol–water partition coefficient (Wildman–Crippen LogP) is 3.40. The summed E-state index contributed by atoms with van der Waals surface area (Å²) in [5.74, 6) is 0.936. The highest BCUT2D eigenvalue weighted by molar-refractivity contribution is 7.92. The first-order chi connectivity index (χ1) is 14.5. The highest BCUT2D eigenvalue weighted by Gasteiger charge is 2.32. The molecule has 0 spiro atoms. The lowest BCUT2D eigenvalue weighted by Crippen LogP contribution is -2.48. The van der Waals surface area contributed by atoms with Crippen molar-refractivity contribution in [1.82, 2.24) is 5.32 Å². The summed E-state index contributed by atoms with van der Waals surface area (Å²) in [6.45, 7) is 3.26. The van der Waals surface area contributed by atoms with Crippen molar-refractivity contribution >= 4 is 33.2 Å². The number of carbonyl (C=O) groups is 1. The Balaban J connectivity index is 2.38. The Bertz CT molecular complexity index is 1040. The van der Waals surface area contributed by atoms with Crippen molar-refractivity contribution in [3.8, 4) is 17.2 Å². The van der Waals surface area contributed by atoms with E-state index in [0.29, 0.717) is 22.1 Å². The molecular formula is C21H27ClN2O6S. The van der Waals surface area contributed by atoms with Crippen LogP contribution >= 0.6 is 11.6 Å². The molecule has 0 heterocycles. The van der Waals surface area contributed by atoms with E-state index in [1.807, 2.05) is 0 Å². The van der Waals surface area contributed by atoms with Gasteiger partial charge in [-0.2, -0.15) is 0 Å². The summed E-state index contributed by atoms with van der Waals surface area (Å²) in [6, 6.07) is 8.24. The zero-order chi connectivity index (χ0) is 23.3. The SMILES string of the molecule is COc1ccc(OC)c([C@@H](C)NC(=O)[C@H](C)N(c2cc(Cl)ccc2OC)S(C)(=O)=O)c1. The number of ether oxygens (including phenoxy) is 3. The molecule has 0 aliphatic rings. The smallest absolute Gasteiger partial charge is 0.244 e. The molecule has 0 aromatic heterocycles. The first-order valence-electron chi connectivity index (χ1n) is 9.38. The average molecular weight is 471 g/mol. The Kier molecular flexibility index (Phi) is 8.02. The molecule has 2 aromatic carbocycles. The van der Waals surface area contributed by atoms with Crippen molar-refractivity contribution < 1.29 is 27.4 Å². The lowest BCUT2D eigenvalue weighted by molar-refractivity contribution is -0.122. The van der Waals surface area contributed by atoms with E-state index in [0.717, 1.165) is 10.6 Å². The standard InChI is InChI=1S/C21H27ClN2O6S/c1-13(17-12-16(28-3)8-10-19(17)29-4)23-21(25)14(2)24(31(6,26)27)18-11-15(22)7-9-20(18)30-5/h7-14H,1-6H3,(H,23,25)/t13-,14+/m1/s1. The van der Waals surface area contributed by atoms with E-state index in [2.05, 4.69) is 5.32 Å². The fraction of sp³-hybridized carbons (Fsp3) is 0.381. The Labute approximate surface area is 188 Å². The second-order valence-electron chi connectivity index (χ2n) is 6.89. The van der Waals surface area contributed by atoms with Gasteiger partial charge in [0.2, 0.25) is 15.9 Å². The quantitative estimate of drug-likeness (QED) is 0.603. The summed E-state index contributed by atoms with van der Waals surface area (Å²) in [6.07, 6.45) is 1.02. The first kappa shape index (κ1) is 24.6. The van der Waals surface area contributed by atoms with Crippen LogP contribution in [-0.4, -0.2) is 48.0 Å². The lowest BCUT2D eigenvalue weighted by atomic mass is 10.1. The van der Waals surface area contributed by atoms with Crippen LogP contribution in [0.5, 0.6) is 17.2 Å². The van der Waals surface area contributed by atoms with Gasteiger partial charge in [-0.05, 0) is 50.2 Å². The van der Waals surface area contributed by atoms with Gasteiger partial charge in [-0.15, -0.1) is 0 Å². The van der Waals surface area contributed by atoms with Gasteiger partial charge in [0, 0.05) is 10.6 Å². The van der Waals surface area contributed by atoms with Crippen LogP contribution in [0.4, 0.5) is 5.69 Å². The highest BCUT2D eigenvalue weighted by atomic mass is 35.5. The molecule has 170 valence electrons. The van der Waals surface area contributed by atoms with Crippen LogP contribution < -0.4 is 23.8 Å². The molecule has 2 rings (SSSR count). The number of sulfonamides is 1. The maximum absolute atomic E-state index is 13.1. The molecule has 0 aliphatic heterocycles. The maximum atomic E-state index is 13.1. The van der Waals surface area contributed by atoms with Gasteiger partial charge in [0.15, 0.2) is 0 Å². The van der Waals surface area contributed by atoms with E-state index in [4.69, 9.17) is 25.8 Å². The third-order valence-electron chi connectivity index (χ3n) is 4.73. The Morgan fingerprint density at radius 3 is 2.16 bits per heavy atom. The largest absolute Gasteiger partial charge is 0.497 e. The number of amides is 1. The molecule has 0 fully saturated rings. The van der Waals surface area contributed by atoms with Crippen LogP contribution in [0.3, 0.4) is 0 Å². The molecule has 0 radical (unpaired) electrons. The predicted molar refractivity (Wildman–Crippen MR) is 121 cm³/mol. The Morgan fingerprint density at radius 1 is 1.00 bits per heavy atom. The van der Waals surface area contributed by atoms with Gasteiger partial charge < -0.3 is 19.5 Å². The second kappa shape index (κ2) is 10.1. The number of nitrogens with one attached hydrogen (secondary N) is 1. The van der Waals surface area contributed by atoms with Gasteiger partial charge in [-0.1, -0.05) is 11.6 Å². The van der Waals surface area contributed by atoms with Crippen LogP contribution in [0.25, 0.3) is 0 Å². The van der Waals surface area contributed by atoms with Crippen molar-refractivity contribution in [1.29, 1.82) is 0 Å². The summed E-state index contributed by atoms with van der Waals surface area (Å²) in [5, 5.41) is 3.15. The van der Waals surface area contributed by atoms with Gasteiger partial charge in [0.25, 0.3) is 0 Å². The third-order valence-corrected chi connectivity index (χ3v) is 6.19. The molecule has 0 saturated carbocycles. The topological polar surface area (TPSA) is 94.2 Å². The lowest BCUT2D eigenvalue weighted by Gasteiger charge is -2.30. The zero-order valence-electron chi connectivity index (χ0n) is 18.3. The summed E-state index contributed by atoms with van der Waals surface area (Å²) in [7, 11) is 0.633. The van der Waals surface area contributed by atoms with Crippen molar-refractivity contribution in [2.45, 2.75) is 25.9 Å². The molecule has 1 N–H and O–H groups in total. The van der Waals surface area contributed by atoms with E-state index in [1.165, 1.54) is 27.2 Å². The normalized spacial score (nSPS) is 13.1. The minimum Gasteiger partial charge on any atom is -0.497 e. The average Bonchev–Trinajstić information content (AvgIpc) is 2.72. The second-order valence-corrected chi connectivity index (χ2v) is 9.18. The zero-order valence-corrected chi connectivity index (χ0v) is 19.9. The molecule has 0 aliphatic carbocycles. The van der Waals surface area contributed by atoms with Crippen molar-refractivity contribution in [2.24, 2.45) is 0 Å². The van der Waals surface area contributed by atoms with Crippen molar-refractivity contribution in [3.63, 3.8) is 0 Å². The summed E-state index contributed by atoms with van der Waals surface area (Å²) < 4.78 is 42.1. The summed E-state index contributed by atoms with van der Waals surface area (Å²) in [5.41, 5.74) is 0.861. The van der Waals surface area contributed by atoms with E-state index in [9.17, 15) is 13.2 Å². The summed E-state index contributed by atoms with van der Waals surface area (Å²) >= 11 is 6.08. The number of methoxy groups -OCH3 is 3. The molecule has 0 unspecified atom stereocenters. The van der Waals surface area contributed by atoms with E-state index in [1.54, 1.807) is 44.4 Å². The monoisotopic (exact) mass is 470 g/mol. The Hall–Kier alpha value is -2.65. The maximum Gasteiger partial charge on any atom is 0.244 e. The molecular weight excluding hydrogens is 444 g/mol. The van der Waals surface area contributed by atoms with Gasteiger partial charge in [0.1, 0.15) is 23.3 Å². The minimum absolute atomic E-state index is 0.173. The van der Waals surface area contributed by atoms with Crippen LogP contribution in [0.2, 0.25) is 5.02 Å². The number of hydrogen-bond acceptors (Lipinski definition) is 6. The highest BCUT2D eigenvalue weighted by Crippen LogP contribution is 2.35. The first-order valence-corrected chi connectivity index (χ1v) is 11.6. The van der Waals surface area contributed by atoms with Gasteiger partial charge in [-0.25, -0.2) is 8.42 Å². The van der Waals surface area contributed by atoms with E-state index in [-0.39, 0.29) is 11.4 Å². The number of halogens is 1. The molecule has 2 aromatic rings. The number of carbonyl (C=O) groups excluding carboxylic acids is 1. The molecule has 31 heavy (non-hydrogen) atoms. The molecule has 2 atom stereocenters. The number of anilines is 1. The molecule has 8 nitrogen and oxygen atoms in total. The number of benzene rings is 2. The van der Waals surface area contributed by atoms with Crippen LogP contribution in [0.1, 0.15) is 25.5 Å². The summed E-state index contributed by atoms with van der Waals surface area (Å²) in [4.78, 5) is 13.1. The molecule has 0 bridgehead atoms. The van der Waals surface area contributed by atoms with Crippen LogP contribution in [0, 0.1) is 0 Å². The number of rotatable bonds is 9. The van der Waals surface area contributed by atoms with E-state index >= 15 is 0 Å². The van der Waals surface area contributed by atoms with Crippen LogP contribution in [-0.2, 0) is 14.8 Å². The van der Waals surface area contributed by atoms with Crippen molar-refractivity contribution in [2.75, 3.05) is 31.9 Å². The van der Waals surface area contributed by atoms with Gasteiger partial charge >= 0.3 is 0 Å². The fourth-order valence-electron chi connectivity index (χ4n) is 3.21. The molecule has 10 heteroatoms. The minimum atomic E-state index is -3.85. The molecule has 0 saturated heterocycles. The third kappa shape index (κ3) is 5.74. The van der Waals surface area contributed by atoms with Crippen LogP contribution in [0.15, 0.2) is 36.4 Å². The van der Waals surface area contributed by atoms with Gasteiger partial charge in [-0.3, -0.25) is 9.10 Å². The van der Waals surface area contributed by atoms with Crippen molar-refractivity contribution in [3.05, 3.63) is 47.0 Å². The number of nitrogens with zero attached hydrogens (tertiary/aromatic N) is 1.